The van der Waals surface area contributed by atoms with E-state index in [9.17, 15) is 14.4 Å². The molecular formula is C19H30N6O5. The lowest BCUT2D eigenvalue weighted by Gasteiger charge is -2.30. The molecule has 1 aromatic rings. The van der Waals surface area contributed by atoms with E-state index >= 15 is 0 Å². The molecule has 0 saturated heterocycles. The van der Waals surface area contributed by atoms with Crippen molar-refractivity contribution in [3.8, 4) is 0 Å². The average molecular weight is 422 g/mol. The maximum absolute atomic E-state index is 13.2. The molecule has 0 aliphatic carbocycles. The van der Waals surface area contributed by atoms with Crippen LogP contribution in [0.4, 0.5) is 10.5 Å². The number of guanidine groups is 1. The number of benzene rings is 1. The second kappa shape index (κ2) is 11.0. The number of nitrogens with two attached hydrogens (primary N) is 3. The number of carbonyl (C=O) groups is 3. The third-order valence-electron chi connectivity index (χ3n) is 3.80. The molecule has 0 spiro atoms. The van der Waals surface area contributed by atoms with E-state index in [0.717, 1.165) is 4.90 Å². The van der Waals surface area contributed by atoms with Crippen molar-refractivity contribution in [1.82, 2.24) is 4.90 Å². The maximum Gasteiger partial charge on any atom is 0.418 e. The number of hydrazine groups is 1. The number of hydrogen-bond acceptors (Lipinski definition) is 8. The highest BCUT2D eigenvalue weighted by Crippen LogP contribution is 2.20. The number of imide groups is 1. The molecule has 0 unspecified atom stereocenters. The zero-order valence-corrected chi connectivity index (χ0v) is 17.7. The normalized spacial score (nSPS) is 11.8. The molecule has 30 heavy (non-hydrogen) atoms. The quantitative estimate of drug-likeness (QED) is 0.119. The number of amides is 2. The molecule has 0 saturated carbocycles. The molecule has 1 rings (SSSR count). The molecule has 0 aliphatic rings. The molecular weight excluding hydrogens is 392 g/mol. The molecule has 0 radical (unpaired) electrons. The van der Waals surface area contributed by atoms with Gasteiger partial charge in [-0.15, -0.1) is 0 Å². The van der Waals surface area contributed by atoms with Crippen LogP contribution in [-0.2, 0) is 14.3 Å². The van der Waals surface area contributed by atoms with E-state index in [0.29, 0.717) is 12.1 Å². The lowest BCUT2D eigenvalue weighted by Crippen LogP contribution is -2.51. The van der Waals surface area contributed by atoms with Gasteiger partial charge in [0.05, 0.1) is 7.11 Å². The summed E-state index contributed by atoms with van der Waals surface area (Å²) < 4.78 is 10.2. The monoisotopic (exact) mass is 422 g/mol. The molecule has 2 amide bonds. The third kappa shape index (κ3) is 7.59. The topological polar surface area (TPSA) is 175 Å². The number of esters is 1. The molecule has 7 N–H and O–H groups in total. The van der Waals surface area contributed by atoms with Crippen molar-refractivity contribution < 1.29 is 23.9 Å². The van der Waals surface area contributed by atoms with Crippen molar-refractivity contribution in [2.45, 2.75) is 45.3 Å². The summed E-state index contributed by atoms with van der Waals surface area (Å²) in [6, 6.07) is 4.94. The average Bonchev–Trinajstić information content (AvgIpc) is 2.67. The van der Waals surface area contributed by atoms with Gasteiger partial charge in [-0.05, 0) is 51.8 Å². The van der Waals surface area contributed by atoms with Gasteiger partial charge in [-0.2, -0.15) is 0 Å². The number of nitrogens with one attached hydrogen (secondary N) is 1. The van der Waals surface area contributed by atoms with Crippen LogP contribution in [0.2, 0.25) is 0 Å². The minimum atomic E-state index is -1.24. The summed E-state index contributed by atoms with van der Waals surface area (Å²) in [6.07, 6.45) is -0.589. The van der Waals surface area contributed by atoms with Crippen molar-refractivity contribution in [3.63, 3.8) is 0 Å². The molecule has 0 heterocycles. The van der Waals surface area contributed by atoms with E-state index in [4.69, 9.17) is 26.8 Å². The van der Waals surface area contributed by atoms with Crippen LogP contribution in [0.3, 0.4) is 0 Å². The highest BCUT2D eigenvalue weighted by Gasteiger charge is 2.38. The van der Waals surface area contributed by atoms with Crippen molar-refractivity contribution in [2.75, 3.05) is 19.1 Å². The van der Waals surface area contributed by atoms with Crippen LogP contribution < -0.4 is 22.7 Å². The minimum absolute atomic E-state index is 0.0727. The van der Waals surface area contributed by atoms with Crippen LogP contribution >= 0.6 is 0 Å². The summed E-state index contributed by atoms with van der Waals surface area (Å²) >= 11 is 0. The Morgan fingerprint density at radius 2 is 1.90 bits per heavy atom. The lowest BCUT2D eigenvalue weighted by atomic mass is 10.1. The summed E-state index contributed by atoms with van der Waals surface area (Å²) in [5.74, 6) is 3.79. The van der Waals surface area contributed by atoms with Crippen LogP contribution in [0.15, 0.2) is 29.3 Å². The second-order valence-electron chi connectivity index (χ2n) is 7.37. The fourth-order valence-electron chi connectivity index (χ4n) is 2.53. The van der Waals surface area contributed by atoms with Gasteiger partial charge in [0.25, 0.3) is 5.91 Å². The Kier molecular flexibility index (Phi) is 9.06. The van der Waals surface area contributed by atoms with Gasteiger partial charge in [0.2, 0.25) is 0 Å². The van der Waals surface area contributed by atoms with E-state index in [1.54, 1.807) is 32.9 Å². The number of rotatable bonds is 8. The van der Waals surface area contributed by atoms with Gasteiger partial charge >= 0.3 is 12.1 Å². The Morgan fingerprint density at radius 3 is 2.43 bits per heavy atom. The molecule has 0 aromatic heterocycles. The molecule has 0 aliphatic heterocycles. The predicted octanol–water partition coefficient (Wildman–Crippen LogP) is 0.945. The standard InChI is InChI=1S/C19H30N6O5/c1-19(2,3)30-18(28)25(15(26)12-7-5-8-13(11-12)24-22)14(16(27)29-4)9-6-10-23-17(20)21/h5,7-8,11,14,24H,6,9-10,22H2,1-4H3,(H4,20,21,23)/t14-/m0/s1. The molecule has 11 nitrogen and oxygen atoms in total. The second-order valence-corrected chi connectivity index (χ2v) is 7.37. The van der Waals surface area contributed by atoms with Crippen LogP contribution in [0.1, 0.15) is 44.0 Å². The van der Waals surface area contributed by atoms with E-state index in [1.807, 2.05) is 0 Å². The van der Waals surface area contributed by atoms with E-state index in [2.05, 4.69) is 10.4 Å². The summed E-state index contributed by atoms with van der Waals surface area (Å²) in [5.41, 5.74) is 12.7. The van der Waals surface area contributed by atoms with E-state index in [1.165, 1.54) is 19.2 Å². The third-order valence-corrected chi connectivity index (χ3v) is 3.80. The molecule has 0 fully saturated rings. The number of hydrogen-bond donors (Lipinski definition) is 4. The molecule has 1 aromatic carbocycles. The van der Waals surface area contributed by atoms with Gasteiger partial charge in [0, 0.05) is 17.8 Å². The number of methoxy groups -OCH3 is 1. The van der Waals surface area contributed by atoms with Gasteiger partial charge in [-0.1, -0.05) is 6.07 Å². The smallest absolute Gasteiger partial charge is 0.418 e. The van der Waals surface area contributed by atoms with Gasteiger partial charge < -0.3 is 26.4 Å². The number of anilines is 1. The van der Waals surface area contributed by atoms with E-state index < -0.39 is 29.6 Å². The lowest BCUT2D eigenvalue weighted by molar-refractivity contribution is -0.146. The van der Waals surface area contributed by atoms with Crippen molar-refractivity contribution in [2.24, 2.45) is 22.3 Å². The van der Waals surface area contributed by atoms with Crippen LogP contribution in [0.5, 0.6) is 0 Å². The number of nitrogen functional groups attached to an aromatic ring is 1. The number of nitrogens with zero attached hydrogens (tertiary/aromatic N) is 2. The Labute approximate surface area is 175 Å². The highest BCUT2D eigenvalue weighted by atomic mass is 16.6. The van der Waals surface area contributed by atoms with Gasteiger partial charge in [-0.25, -0.2) is 14.5 Å². The Hall–Kier alpha value is -3.34. The summed E-state index contributed by atoms with van der Waals surface area (Å²) in [5, 5.41) is 0. The predicted molar refractivity (Wildman–Crippen MR) is 112 cm³/mol. The fraction of sp³-hybridized carbons (Fsp3) is 0.474. The van der Waals surface area contributed by atoms with Gasteiger partial charge in [0.15, 0.2) is 5.96 Å². The zero-order valence-electron chi connectivity index (χ0n) is 17.7. The first-order valence-corrected chi connectivity index (χ1v) is 9.26. The molecule has 1 atom stereocenters. The van der Waals surface area contributed by atoms with Gasteiger partial charge in [0.1, 0.15) is 11.6 Å². The summed E-state index contributed by atoms with van der Waals surface area (Å²) in [4.78, 5) is 43.2. The Balaban J connectivity index is 3.31. The van der Waals surface area contributed by atoms with Crippen LogP contribution in [-0.4, -0.2) is 54.1 Å². The Bertz CT molecular complexity index is 786. The molecule has 0 bridgehead atoms. The zero-order chi connectivity index (χ0) is 22.9. The fourth-order valence-corrected chi connectivity index (χ4v) is 2.53. The summed E-state index contributed by atoms with van der Waals surface area (Å²) in [7, 11) is 1.17. The summed E-state index contributed by atoms with van der Waals surface area (Å²) in [6.45, 7) is 5.16. The highest BCUT2D eigenvalue weighted by molar-refractivity contribution is 6.06. The SMILES string of the molecule is COC(=O)[C@H](CCCN=C(N)N)N(C(=O)OC(C)(C)C)C(=O)c1cccc(NN)c1. The first kappa shape index (κ1) is 24.7. The molecule has 166 valence electrons. The minimum Gasteiger partial charge on any atom is -0.467 e. The van der Waals surface area contributed by atoms with E-state index in [-0.39, 0.29) is 24.5 Å². The van der Waals surface area contributed by atoms with Crippen LogP contribution in [0, 0.1) is 0 Å². The molecule has 11 heteroatoms. The van der Waals surface area contributed by atoms with Crippen LogP contribution in [0.25, 0.3) is 0 Å². The largest absolute Gasteiger partial charge is 0.467 e. The van der Waals surface area contributed by atoms with Crippen molar-refractivity contribution >= 4 is 29.6 Å². The first-order chi connectivity index (χ1) is 14.0. The van der Waals surface area contributed by atoms with Crippen molar-refractivity contribution in [3.05, 3.63) is 29.8 Å². The number of aliphatic imine (C=N–C) groups is 1. The van der Waals surface area contributed by atoms with Crippen molar-refractivity contribution in [1.29, 1.82) is 0 Å². The maximum atomic E-state index is 13.2. The number of carbonyl (C=O) groups excluding carboxylic acids is 3. The van der Waals surface area contributed by atoms with Gasteiger partial charge in [-0.3, -0.25) is 15.6 Å². The Morgan fingerprint density at radius 1 is 1.23 bits per heavy atom. The first-order valence-electron chi connectivity index (χ1n) is 9.26. The number of ether oxygens (including phenoxy) is 2.